The molecular weight excluding hydrogens is 236 g/mol. The van der Waals surface area contributed by atoms with E-state index in [2.05, 4.69) is 18.7 Å². The predicted molar refractivity (Wildman–Crippen MR) is 79.1 cm³/mol. The summed E-state index contributed by atoms with van der Waals surface area (Å²) in [6.07, 6.45) is 3.57. The highest BCUT2D eigenvalue weighted by Gasteiger charge is 2.30. The fraction of sp³-hybridized carbons (Fsp3) is 0.625. The molecule has 1 aliphatic heterocycles. The Morgan fingerprint density at radius 2 is 2.00 bits per heavy atom. The minimum absolute atomic E-state index is 0.338. The van der Waals surface area contributed by atoms with Crippen LogP contribution in [0.4, 0.5) is 0 Å². The average Bonchev–Trinajstić information content (AvgIpc) is 2.43. The molecule has 3 heteroatoms. The third-order valence-electron chi connectivity index (χ3n) is 4.43. The number of nitrogens with two attached hydrogens (primary N) is 1. The summed E-state index contributed by atoms with van der Waals surface area (Å²) in [7, 11) is 0. The molecule has 3 atom stereocenters. The van der Waals surface area contributed by atoms with Crippen LogP contribution in [0.25, 0.3) is 0 Å². The summed E-state index contributed by atoms with van der Waals surface area (Å²) in [6.45, 7) is 6.43. The Bertz CT molecular complexity index is 390. The van der Waals surface area contributed by atoms with Crippen molar-refractivity contribution in [1.29, 1.82) is 0 Å². The molecule has 0 aromatic heterocycles. The Kier molecular flexibility index (Phi) is 4.83. The third kappa shape index (κ3) is 3.28. The fourth-order valence-electron chi connectivity index (χ4n) is 3.20. The number of aromatic hydroxyl groups is 1. The highest BCUT2D eigenvalue weighted by molar-refractivity contribution is 5.28. The summed E-state index contributed by atoms with van der Waals surface area (Å²) < 4.78 is 0. The number of likely N-dealkylation sites (tertiary alicyclic amines) is 1. The molecule has 1 heterocycles. The van der Waals surface area contributed by atoms with Crippen LogP contribution in [0.15, 0.2) is 24.3 Å². The van der Waals surface area contributed by atoms with Gasteiger partial charge >= 0.3 is 0 Å². The molecule has 1 saturated heterocycles. The molecule has 0 bridgehead atoms. The van der Waals surface area contributed by atoms with Crippen LogP contribution >= 0.6 is 0 Å². The molecule has 19 heavy (non-hydrogen) atoms. The van der Waals surface area contributed by atoms with Crippen LogP contribution in [0.5, 0.6) is 5.75 Å². The molecule has 106 valence electrons. The summed E-state index contributed by atoms with van der Waals surface area (Å²) in [5.74, 6) is 0.965. The Morgan fingerprint density at radius 3 is 2.58 bits per heavy atom. The minimum Gasteiger partial charge on any atom is -0.508 e. The van der Waals surface area contributed by atoms with Crippen molar-refractivity contribution in [2.24, 2.45) is 11.7 Å². The van der Waals surface area contributed by atoms with Gasteiger partial charge in [-0.2, -0.15) is 0 Å². The Morgan fingerprint density at radius 1 is 1.32 bits per heavy atom. The van der Waals surface area contributed by atoms with E-state index in [1.165, 1.54) is 18.4 Å². The summed E-state index contributed by atoms with van der Waals surface area (Å²) in [6, 6.07) is 8.71. The molecule has 1 aliphatic rings. The van der Waals surface area contributed by atoms with E-state index in [4.69, 9.17) is 5.73 Å². The van der Waals surface area contributed by atoms with E-state index in [0.29, 0.717) is 23.8 Å². The van der Waals surface area contributed by atoms with Crippen molar-refractivity contribution < 1.29 is 5.11 Å². The summed E-state index contributed by atoms with van der Waals surface area (Å²) >= 11 is 0. The van der Waals surface area contributed by atoms with Crippen LogP contribution in [0.3, 0.4) is 0 Å². The van der Waals surface area contributed by atoms with Gasteiger partial charge in [0.2, 0.25) is 0 Å². The first-order chi connectivity index (χ1) is 9.15. The van der Waals surface area contributed by atoms with E-state index in [1.807, 2.05) is 12.1 Å². The molecule has 3 unspecified atom stereocenters. The van der Waals surface area contributed by atoms with Gasteiger partial charge in [-0.05, 0) is 56.3 Å². The summed E-state index contributed by atoms with van der Waals surface area (Å²) in [4.78, 5) is 2.59. The molecule has 0 saturated carbocycles. The molecule has 0 spiro atoms. The number of phenolic OH excluding ortho intramolecular Hbond substituents is 1. The molecular formula is C16H26N2O. The number of hydrogen-bond acceptors (Lipinski definition) is 3. The lowest BCUT2D eigenvalue weighted by molar-refractivity contribution is 0.0711. The van der Waals surface area contributed by atoms with Crippen molar-refractivity contribution in [3.05, 3.63) is 29.8 Å². The highest BCUT2D eigenvalue weighted by atomic mass is 16.3. The monoisotopic (exact) mass is 262 g/mol. The zero-order valence-corrected chi connectivity index (χ0v) is 12.0. The van der Waals surface area contributed by atoms with Crippen LogP contribution in [0.1, 0.15) is 44.7 Å². The number of benzene rings is 1. The average molecular weight is 262 g/mol. The van der Waals surface area contributed by atoms with E-state index >= 15 is 0 Å². The van der Waals surface area contributed by atoms with Gasteiger partial charge in [-0.15, -0.1) is 0 Å². The van der Waals surface area contributed by atoms with E-state index in [1.54, 1.807) is 12.1 Å². The van der Waals surface area contributed by atoms with Crippen LogP contribution in [-0.4, -0.2) is 29.1 Å². The molecule has 3 nitrogen and oxygen atoms in total. The van der Waals surface area contributed by atoms with Crippen molar-refractivity contribution in [2.75, 3.05) is 13.1 Å². The Hall–Kier alpha value is -1.06. The predicted octanol–water partition coefficient (Wildman–Crippen LogP) is 2.90. The van der Waals surface area contributed by atoms with E-state index < -0.39 is 0 Å². The summed E-state index contributed by atoms with van der Waals surface area (Å²) in [5.41, 5.74) is 7.15. The van der Waals surface area contributed by atoms with E-state index in [0.717, 1.165) is 19.5 Å². The van der Waals surface area contributed by atoms with Crippen LogP contribution < -0.4 is 5.73 Å². The molecule has 2 rings (SSSR count). The molecule has 1 aromatic rings. The second-order valence-corrected chi connectivity index (χ2v) is 5.74. The van der Waals surface area contributed by atoms with Gasteiger partial charge in [-0.3, -0.25) is 4.90 Å². The first-order valence-corrected chi connectivity index (χ1v) is 7.40. The zero-order valence-electron chi connectivity index (χ0n) is 12.0. The normalized spacial score (nSPS) is 26.3. The largest absolute Gasteiger partial charge is 0.508 e. The first-order valence-electron chi connectivity index (χ1n) is 7.40. The smallest absolute Gasteiger partial charge is 0.115 e. The second kappa shape index (κ2) is 6.40. The second-order valence-electron chi connectivity index (χ2n) is 5.74. The standard InChI is InChI=1S/C16H26N2O/c1-3-16(14-6-8-15(19)9-7-14)18-11-13(10-17)5-4-12(18)2/h6-9,12-13,16,19H,3-5,10-11,17H2,1-2H3. The van der Waals surface area contributed by atoms with Gasteiger partial charge < -0.3 is 10.8 Å². The van der Waals surface area contributed by atoms with Crippen molar-refractivity contribution in [3.63, 3.8) is 0 Å². The number of piperidine rings is 1. The maximum Gasteiger partial charge on any atom is 0.115 e. The van der Waals surface area contributed by atoms with Gasteiger partial charge in [0.25, 0.3) is 0 Å². The topological polar surface area (TPSA) is 49.5 Å². The van der Waals surface area contributed by atoms with Gasteiger partial charge in [-0.25, -0.2) is 0 Å². The maximum atomic E-state index is 9.42. The van der Waals surface area contributed by atoms with E-state index in [9.17, 15) is 5.11 Å². The highest BCUT2D eigenvalue weighted by Crippen LogP contribution is 2.33. The van der Waals surface area contributed by atoms with Crippen LogP contribution in [0.2, 0.25) is 0 Å². The fourth-order valence-corrected chi connectivity index (χ4v) is 3.20. The molecule has 1 aromatic carbocycles. The zero-order chi connectivity index (χ0) is 13.8. The molecule has 1 fully saturated rings. The van der Waals surface area contributed by atoms with Gasteiger partial charge in [0.05, 0.1) is 0 Å². The lowest BCUT2D eigenvalue weighted by atomic mass is 9.90. The molecule has 3 N–H and O–H groups in total. The van der Waals surface area contributed by atoms with Gasteiger partial charge in [0, 0.05) is 18.6 Å². The van der Waals surface area contributed by atoms with Crippen molar-refractivity contribution in [2.45, 2.75) is 45.2 Å². The molecule has 0 aliphatic carbocycles. The number of phenols is 1. The quantitative estimate of drug-likeness (QED) is 0.877. The SMILES string of the molecule is CCC(c1ccc(O)cc1)N1CC(CN)CCC1C. The van der Waals surface area contributed by atoms with Crippen molar-refractivity contribution >= 4 is 0 Å². The number of hydrogen-bond donors (Lipinski definition) is 2. The van der Waals surface area contributed by atoms with E-state index in [-0.39, 0.29) is 0 Å². The van der Waals surface area contributed by atoms with Crippen molar-refractivity contribution in [1.82, 2.24) is 4.90 Å². The summed E-state index contributed by atoms with van der Waals surface area (Å²) in [5, 5.41) is 9.42. The number of nitrogens with zero attached hydrogens (tertiary/aromatic N) is 1. The minimum atomic E-state index is 0.338. The third-order valence-corrected chi connectivity index (χ3v) is 4.43. The van der Waals surface area contributed by atoms with Gasteiger partial charge in [0.1, 0.15) is 5.75 Å². The lowest BCUT2D eigenvalue weighted by Crippen LogP contribution is -2.45. The molecule has 0 radical (unpaired) electrons. The molecule has 0 amide bonds. The first kappa shape index (κ1) is 14.4. The van der Waals surface area contributed by atoms with Crippen molar-refractivity contribution in [3.8, 4) is 5.75 Å². The van der Waals surface area contributed by atoms with Crippen LogP contribution in [0, 0.1) is 5.92 Å². The van der Waals surface area contributed by atoms with Gasteiger partial charge in [-0.1, -0.05) is 19.1 Å². The Labute approximate surface area is 116 Å². The maximum absolute atomic E-state index is 9.42. The number of rotatable bonds is 4. The lowest BCUT2D eigenvalue weighted by Gasteiger charge is -2.42. The van der Waals surface area contributed by atoms with Crippen LogP contribution in [-0.2, 0) is 0 Å². The van der Waals surface area contributed by atoms with Gasteiger partial charge in [0.15, 0.2) is 0 Å². The Balaban J connectivity index is 2.17.